The fraction of sp³-hybridized carbons (Fsp3) is 0.278. The van der Waals surface area contributed by atoms with Crippen LogP contribution in [0.5, 0.6) is 5.75 Å². The van der Waals surface area contributed by atoms with Crippen LogP contribution in [-0.2, 0) is 19.6 Å². The van der Waals surface area contributed by atoms with Crippen molar-refractivity contribution >= 4 is 44.8 Å². The van der Waals surface area contributed by atoms with Crippen molar-refractivity contribution in [2.24, 2.45) is 0 Å². The van der Waals surface area contributed by atoms with Crippen molar-refractivity contribution in [3.05, 3.63) is 52.5 Å². The normalized spacial score (nSPS) is 12.4. The summed E-state index contributed by atoms with van der Waals surface area (Å²) in [6.45, 7) is 1.67. The maximum absolute atomic E-state index is 12.3. The molecule has 152 valence electrons. The number of carbonyl (C=O) groups excluding carboxylic acids is 1. The van der Waals surface area contributed by atoms with Gasteiger partial charge in [-0.15, -0.1) is 0 Å². The number of ether oxygens (including phenoxy) is 2. The van der Waals surface area contributed by atoms with Gasteiger partial charge in [0.2, 0.25) is 10.0 Å². The lowest BCUT2D eigenvalue weighted by atomic mass is 10.3. The van der Waals surface area contributed by atoms with Gasteiger partial charge >= 0.3 is 0 Å². The zero-order valence-corrected chi connectivity index (χ0v) is 17.6. The number of anilines is 1. The smallest absolute Gasteiger partial charge is 0.262 e. The van der Waals surface area contributed by atoms with Crippen LogP contribution >= 0.6 is 23.2 Å². The minimum Gasteiger partial charge on any atom is -0.482 e. The molecule has 0 aliphatic heterocycles. The molecule has 28 heavy (non-hydrogen) atoms. The monoisotopic (exact) mass is 446 g/mol. The maximum atomic E-state index is 12.3. The second-order valence-corrected chi connectivity index (χ2v) is 8.47. The van der Waals surface area contributed by atoms with Gasteiger partial charge in [0, 0.05) is 29.9 Å². The van der Waals surface area contributed by atoms with Gasteiger partial charge in [0.05, 0.1) is 16.5 Å². The predicted octanol–water partition coefficient (Wildman–Crippen LogP) is 3.32. The Hall–Kier alpha value is -1.84. The van der Waals surface area contributed by atoms with E-state index < -0.39 is 15.9 Å². The van der Waals surface area contributed by atoms with E-state index >= 15 is 0 Å². The predicted molar refractivity (Wildman–Crippen MR) is 109 cm³/mol. The SMILES string of the molecule is COCC(C)NS(=O)(=O)c1ccc(NC(=O)COc2cc(Cl)ccc2Cl)cc1. The molecule has 1 atom stereocenters. The highest BCUT2D eigenvalue weighted by Crippen LogP contribution is 2.27. The van der Waals surface area contributed by atoms with Crippen LogP contribution in [-0.4, -0.2) is 40.7 Å². The first kappa shape index (κ1) is 22.4. The molecule has 1 unspecified atom stereocenters. The average molecular weight is 447 g/mol. The van der Waals surface area contributed by atoms with Crippen LogP contribution in [0.3, 0.4) is 0 Å². The summed E-state index contributed by atoms with van der Waals surface area (Å²) < 4.78 is 37.3. The van der Waals surface area contributed by atoms with Gasteiger partial charge in [-0.3, -0.25) is 4.79 Å². The molecule has 2 aromatic rings. The molecule has 7 nitrogen and oxygen atoms in total. The van der Waals surface area contributed by atoms with E-state index in [2.05, 4.69) is 10.0 Å². The molecule has 0 aliphatic rings. The van der Waals surface area contributed by atoms with Crippen molar-refractivity contribution < 1.29 is 22.7 Å². The van der Waals surface area contributed by atoms with Crippen LogP contribution in [0.2, 0.25) is 10.0 Å². The van der Waals surface area contributed by atoms with Crippen molar-refractivity contribution in [3.8, 4) is 5.75 Å². The molecule has 0 saturated carbocycles. The van der Waals surface area contributed by atoms with Crippen molar-refractivity contribution in [2.75, 3.05) is 25.6 Å². The van der Waals surface area contributed by atoms with E-state index in [9.17, 15) is 13.2 Å². The summed E-state index contributed by atoms with van der Waals surface area (Å²) in [5, 5.41) is 3.38. The van der Waals surface area contributed by atoms with E-state index in [0.717, 1.165) is 0 Å². The van der Waals surface area contributed by atoms with Gasteiger partial charge in [-0.25, -0.2) is 13.1 Å². The molecular weight excluding hydrogens is 427 g/mol. The quantitative estimate of drug-likeness (QED) is 0.615. The molecule has 1 amide bonds. The van der Waals surface area contributed by atoms with Gasteiger partial charge in [0.15, 0.2) is 6.61 Å². The Morgan fingerprint density at radius 3 is 2.46 bits per heavy atom. The number of rotatable bonds is 9. The Kier molecular flexibility index (Phi) is 8.09. The topological polar surface area (TPSA) is 93.7 Å². The fourth-order valence-electron chi connectivity index (χ4n) is 2.26. The molecule has 0 spiro atoms. The van der Waals surface area contributed by atoms with Gasteiger partial charge < -0.3 is 14.8 Å². The first-order valence-electron chi connectivity index (χ1n) is 8.20. The number of hydrogen-bond acceptors (Lipinski definition) is 5. The van der Waals surface area contributed by atoms with Crippen LogP contribution in [0.1, 0.15) is 6.92 Å². The fourth-order valence-corrected chi connectivity index (χ4v) is 3.82. The Balaban J connectivity index is 1.94. The number of nitrogens with one attached hydrogen (secondary N) is 2. The third-order valence-electron chi connectivity index (χ3n) is 3.47. The zero-order chi connectivity index (χ0) is 20.7. The van der Waals surface area contributed by atoms with E-state index in [1.165, 1.54) is 37.4 Å². The first-order valence-corrected chi connectivity index (χ1v) is 10.4. The standard InChI is InChI=1S/C18H20Cl2N2O5S/c1-12(10-26-2)22-28(24,25)15-6-4-14(5-7-15)21-18(23)11-27-17-9-13(19)3-8-16(17)20/h3-9,12,22H,10-11H2,1-2H3,(H,21,23). The Morgan fingerprint density at radius 2 is 1.82 bits per heavy atom. The number of methoxy groups -OCH3 is 1. The highest BCUT2D eigenvalue weighted by atomic mass is 35.5. The maximum Gasteiger partial charge on any atom is 0.262 e. The Bertz CT molecular complexity index is 920. The number of hydrogen-bond donors (Lipinski definition) is 2. The third kappa shape index (κ3) is 6.65. The summed E-state index contributed by atoms with van der Waals surface area (Å²) in [5.41, 5.74) is 0.426. The van der Waals surface area contributed by atoms with Crippen molar-refractivity contribution in [1.29, 1.82) is 0 Å². The second kappa shape index (κ2) is 10.1. The van der Waals surface area contributed by atoms with Gasteiger partial charge in [0.25, 0.3) is 5.91 Å². The second-order valence-electron chi connectivity index (χ2n) is 5.91. The molecule has 10 heteroatoms. The zero-order valence-electron chi connectivity index (χ0n) is 15.2. The summed E-state index contributed by atoms with van der Waals surface area (Å²) in [6.07, 6.45) is 0. The van der Waals surface area contributed by atoms with Crippen molar-refractivity contribution in [3.63, 3.8) is 0 Å². The molecule has 2 rings (SSSR count). The number of amides is 1. The lowest BCUT2D eigenvalue weighted by molar-refractivity contribution is -0.118. The van der Waals surface area contributed by atoms with Crippen LogP contribution in [0.15, 0.2) is 47.4 Å². The van der Waals surface area contributed by atoms with E-state index in [1.54, 1.807) is 19.1 Å². The minimum atomic E-state index is -3.68. The minimum absolute atomic E-state index is 0.0791. The highest BCUT2D eigenvalue weighted by Gasteiger charge is 2.17. The summed E-state index contributed by atoms with van der Waals surface area (Å²) in [4.78, 5) is 12.1. The highest BCUT2D eigenvalue weighted by molar-refractivity contribution is 7.89. The number of benzene rings is 2. The van der Waals surface area contributed by atoms with Crippen LogP contribution in [0, 0.1) is 0 Å². The van der Waals surface area contributed by atoms with Gasteiger partial charge in [-0.2, -0.15) is 0 Å². The van der Waals surface area contributed by atoms with Crippen molar-refractivity contribution in [1.82, 2.24) is 4.72 Å². The molecule has 0 saturated heterocycles. The third-order valence-corrected chi connectivity index (χ3v) is 5.63. The summed E-state index contributed by atoms with van der Waals surface area (Å²) in [7, 11) is -2.18. The van der Waals surface area contributed by atoms with Crippen LogP contribution in [0.4, 0.5) is 5.69 Å². The molecule has 0 bridgehead atoms. The number of halogens is 2. The summed E-state index contributed by atoms with van der Waals surface area (Å²) in [5.74, 6) is -0.138. The lowest BCUT2D eigenvalue weighted by Crippen LogP contribution is -2.35. The van der Waals surface area contributed by atoms with E-state index in [1.807, 2.05) is 0 Å². The van der Waals surface area contributed by atoms with Crippen LogP contribution < -0.4 is 14.8 Å². The molecule has 0 fully saturated rings. The van der Waals surface area contributed by atoms with E-state index in [-0.39, 0.29) is 24.2 Å². The molecule has 0 radical (unpaired) electrons. The number of sulfonamides is 1. The van der Waals surface area contributed by atoms with Crippen molar-refractivity contribution in [2.45, 2.75) is 17.9 Å². The molecular formula is C18H20Cl2N2O5S. The lowest BCUT2D eigenvalue weighted by Gasteiger charge is -2.13. The summed E-state index contributed by atoms with van der Waals surface area (Å²) in [6, 6.07) is 10.1. The van der Waals surface area contributed by atoms with E-state index in [4.69, 9.17) is 32.7 Å². The first-order chi connectivity index (χ1) is 13.2. The Labute approximate surface area is 174 Å². The average Bonchev–Trinajstić information content (AvgIpc) is 2.62. The molecule has 0 aliphatic carbocycles. The molecule has 0 heterocycles. The number of carbonyl (C=O) groups is 1. The van der Waals surface area contributed by atoms with Gasteiger partial charge in [-0.05, 0) is 43.3 Å². The summed E-state index contributed by atoms with van der Waals surface area (Å²) >= 11 is 11.8. The molecule has 0 aromatic heterocycles. The van der Waals surface area contributed by atoms with Gasteiger partial charge in [0.1, 0.15) is 5.75 Å². The molecule has 2 aromatic carbocycles. The molecule has 2 N–H and O–H groups in total. The van der Waals surface area contributed by atoms with Crippen LogP contribution in [0.25, 0.3) is 0 Å². The van der Waals surface area contributed by atoms with Gasteiger partial charge in [-0.1, -0.05) is 23.2 Å². The Morgan fingerprint density at radius 1 is 1.14 bits per heavy atom. The largest absolute Gasteiger partial charge is 0.482 e. The van der Waals surface area contributed by atoms with E-state index in [0.29, 0.717) is 21.5 Å².